The van der Waals surface area contributed by atoms with E-state index in [-0.39, 0.29) is 4.90 Å². The SMILES string of the molecule is COc1ccccc1-c1cnc2ccc(S(=O)(=O)Cl)cc2c1. The number of hydrogen-bond acceptors (Lipinski definition) is 4. The minimum Gasteiger partial charge on any atom is -0.496 e. The highest BCUT2D eigenvalue weighted by atomic mass is 35.7. The zero-order valence-corrected chi connectivity index (χ0v) is 13.2. The van der Waals surface area contributed by atoms with E-state index in [1.54, 1.807) is 19.4 Å². The van der Waals surface area contributed by atoms with Crippen LogP contribution in [0.2, 0.25) is 0 Å². The molecule has 22 heavy (non-hydrogen) atoms. The smallest absolute Gasteiger partial charge is 0.261 e. The number of methoxy groups -OCH3 is 1. The van der Waals surface area contributed by atoms with Gasteiger partial charge < -0.3 is 4.74 Å². The molecular weight excluding hydrogens is 322 g/mol. The van der Waals surface area contributed by atoms with Crippen molar-refractivity contribution in [3.05, 3.63) is 54.7 Å². The standard InChI is InChI=1S/C16H12ClNO3S/c1-21-16-5-3-2-4-14(16)12-8-11-9-13(22(17,19)20)6-7-15(11)18-10-12/h2-10H,1H3. The molecule has 6 heteroatoms. The third kappa shape index (κ3) is 2.77. The lowest BCUT2D eigenvalue weighted by molar-refractivity contribution is 0.416. The van der Waals surface area contributed by atoms with Gasteiger partial charge in [-0.25, -0.2) is 8.42 Å². The molecule has 0 N–H and O–H groups in total. The van der Waals surface area contributed by atoms with Gasteiger partial charge in [0, 0.05) is 33.4 Å². The van der Waals surface area contributed by atoms with E-state index < -0.39 is 9.05 Å². The van der Waals surface area contributed by atoms with E-state index >= 15 is 0 Å². The summed E-state index contributed by atoms with van der Waals surface area (Å²) in [5.74, 6) is 0.727. The number of nitrogens with zero attached hydrogens (tertiary/aromatic N) is 1. The number of hydrogen-bond donors (Lipinski definition) is 0. The zero-order chi connectivity index (χ0) is 15.7. The summed E-state index contributed by atoms with van der Waals surface area (Å²) in [7, 11) is 3.23. The number of ether oxygens (including phenoxy) is 1. The molecule has 112 valence electrons. The van der Waals surface area contributed by atoms with Gasteiger partial charge in [0.2, 0.25) is 0 Å². The van der Waals surface area contributed by atoms with Gasteiger partial charge in [-0.3, -0.25) is 4.98 Å². The molecule has 0 bridgehead atoms. The number of fused-ring (bicyclic) bond motifs is 1. The Hall–Kier alpha value is -2.11. The van der Waals surface area contributed by atoms with E-state index in [1.807, 2.05) is 30.3 Å². The van der Waals surface area contributed by atoms with Crippen LogP contribution in [0.15, 0.2) is 59.6 Å². The maximum absolute atomic E-state index is 11.5. The fourth-order valence-electron chi connectivity index (χ4n) is 2.29. The monoisotopic (exact) mass is 333 g/mol. The molecule has 0 saturated carbocycles. The molecule has 0 radical (unpaired) electrons. The van der Waals surface area contributed by atoms with Crippen LogP contribution in [0, 0.1) is 0 Å². The van der Waals surface area contributed by atoms with Crippen LogP contribution in [0.5, 0.6) is 5.75 Å². The maximum atomic E-state index is 11.5. The first-order valence-corrected chi connectivity index (χ1v) is 8.78. The minimum atomic E-state index is -3.76. The molecule has 0 aliphatic heterocycles. The first-order chi connectivity index (χ1) is 10.5. The van der Waals surface area contributed by atoms with E-state index in [9.17, 15) is 8.42 Å². The van der Waals surface area contributed by atoms with Gasteiger partial charge in [0.1, 0.15) is 5.75 Å². The third-order valence-corrected chi connectivity index (χ3v) is 4.70. The van der Waals surface area contributed by atoms with Crippen molar-refractivity contribution in [3.63, 3.8) is 0 Å². The predicted molar refractivity (Wildman–Crippen MR) is 86.8 cm³/mol. The van der Waals surface area contributed by atoms with Gasteiger partial charge in [0.25, 0.3) is 9.05 Å². The number of aromatic nitrogens is 1. The minimum absolute atomic E-state index is 0.0562. The molecule has 1 heterocycles. The number of pyridine rings is 1. The molecule has 3 aromatic rings. The second-order valence-electron chi connectivity index (χ2n) is 4.72. The van der Waals surface area contributed by atoms with Crippen molar-refractivity contribution in [3.8, 4) is 16.9 Å². The lowest BCUT2D eigenvalue weighted by atomic mass is 10.0. The van der Waals surface area contributed by atoms with Crippen LogP contribution in [0.1, 0.15) is 0 Å². The summed E-state index contributed by atoms with van der Waals surface area (Å²) < 4.78 is 28.3. The van der Waals surface area contributed by atoms with Crippen LogP contribution < -0.4 is 4.74 Å². The molecule has 0 aliphatic rings. The molecule has 4 nitrogen and oxygen atoms in total. The van der Waals surface area contributed by atoms with Crippen LogP contribution in [-0.2, 0) is 9.05 Å². The van der Waals surface area contributed by atoms with Crippen molar-refractivity contribution in [2.45, 2.75) is 4.90 Å². The second kappa shape index (κ2) is 5.59. The number of rotatable bonds is 3. The summed E-state index contributed by atoms with van der Waals surface area (Å²) in [6, 6.07) is 14.0. The van der Waals surface area contributed by atoms with Gasteiger partial charge in [-0.2, -0.15) is 0 Å². The van der Waals surface area contributed by atoms with Gasteiger partial charge in [-0.15, -0.1) is 0 Å². The quantitative estimate of drug-likeness (QED) is 0.683. The molecule has 0 unspecified atom stereocenters. The molecule has 0 atom stereocenters. The zero-order valence-electron chi connectivity index (χ0n) is 11.7. The first-order valence-electron chi connectivity index (χ1n) is 6.47. The van der Waals surface area contributed by atoms with Crippen LogP contribution in [0.3, 0.4) is 0 Å². The highest BCUT2D eigenvalue weighted by molar-refractivity contribution is 8.13. The van der Waals surface area contributed by atoms with Gasteiger partial charge in [0.15, 0.2) is 0 Å². The van der Waals surface area contributed by atoms with Crippen molar-refractivity contribution in [2.24, 2.45) is 0 Å². The van der Waals surface area contributed by atoms with E-state index in [4.69, 9.17) is 15.4 Å². The summed E-state index contributed by atoms with van der Waals surface area (Å²) >= 11 is 0. The molecule has 0 spiro atoms. The maximum Gasteiger partial charge on any atom is 0.261 e. The van der Waals surface area contributed by atoms with Gasteiger partial charge in [-0.05, 0) is 30.3 Å². The van der Waals surface area contributed by atoms with Gasteiger partial charge >= 0.3 is 0 Å². The highest BCUT2D eigenvalue weighted by Crippen LogP contribution is 2.31. The second-order valence-corrected chi connectivity index (χ2v) is 7.28. The molecule has 0 amide bonds. The fraction of sp³-hybridized carbons (Fsp3) is 0.0625. The van der Waals surface area contributed by atoms with E-state index in [2.05, 4.69) is 4.98 Å². The van der Waals surface area contributed by atoms with Crippen LogP contribution in [0.25, 0.3) is 22.0 Å². The molecular formula is C16H12ClNO3S. The van der Waals surface area contributed by atoms with E-state index in [0.29, 0.717) is 10.9 Å². The average Bonchev–Trinajstić information content (AvgIpc) is 2.53. The van der Waals surface area contributed by atoms with Crippen LogP contribution in [-0.4, -0.2) is 20.5 Å². The summed E-state index contributed by atoms with van der Waals surface area (Å²) in [5.41, 5.74) is 2.43. The van der Waals surface area contributed by atoms with Crippen molar-refractivity contribution >= 4 is 30.6 Å². The molecule has 0 aliphatic carbocycles. The average molecular weight is 334 g/mol. The largest absolute Gasteiger partial charge is 0.496 e. The van der Waals surface area contributed by atoms with Crippen molar-refractivity contribution in [1.82, 2.24) is 4.98 Å². The van der Waals surface area contributed by atoms with Crippen molar-refractivity contribution in [2.75, 3.05) is 7.11 Å². The first kappa shape index (κ1) is 14.8. The Morgan fingerprint density at radius 2 is 1.86 bits per heavy atom. The summed E-state index contributed by atoms with van der Waals surface area (Å²) in [5, 5.41) is 0.699. The number of halogens is 1. The molecule has 2 aromatic carbocycles. The molecule has 1 aromatic heterocycles. The summed E-state index contributed by atoms with van der Waals surface area (Å²) in [6.07, 6.45) is 1.73. The molecule has 0 saturated heterocycles. The Kier molecular flexibility index (Phi) is 3.76. The van der Waals surface area contributed by atoms with Crippen LogP contribution >= 0.6 is 10.7 Å². The Balaban J connectivity index is 2.20. The van der Waals surface area contributed by atoms with E-state index in [0.717, 1.165) is 16.9 Å². The number of benzene rings is 2. The fourth-order valence-corrected chi connectivity index (χ4v) is 3.08. The molecule has 3 rings (SSSR count). The number of para-hydroxylation sites is 1. The van der Waals surface area contributed by atoms with Crippen molar-refractivity contribution < 1.29 is 13.2 Å². The summed E-state index contributed by atoms with van der Waals surface area (Å²) in [4.78, 5) is 4.42. The van der Waals surface area contributed by atoms with Crippen LogP contribution in [0.4, 0.5) is 0 Å². The lowest BCUT2D eigenvalue weighted by Gasteiger charge is -2.09. The van der Waals surface area contributed by atoms with Crippen molar-refractivity contribution in [1.29, 1.82) is 0 Å². The Morgan fingerprint density at radius 3 is 2.59 bits per heavy atom. The predicted octanol–water partition coefficient (Wildman–Crippen LogP) is 3.84. The Bertz CT molecular complexity index is 955. The topological polar surface area (TPSA) is 56.3 Å². The highest BCUT2D eigenvalue weighted by Gasteiger charge is 2.12. The van der Waals surface area contributed by atoms with Gasteiger partial charge in [0.05, 0.1) is 17.5 Å². The van der Waals surface area contributed by atoms with Gasteiger partial charge in [-0.1, -0.05) is 18.2 Å². The lowest BCUT2D eigenvalue weighted by Crippen LogP contribution is -1.92. The third-order valence-electron chi connectivity index (χ3n) is 3.35. The molecule has 0 fully saturated rings. The normalized spacial score (nSPS) is 11.5. The Morgan fingerprint density at radius 1 is 1.09 bits per heavy atom. The Labute approximate surface area is 132 Å². The summed E-state index contributed by atoms with van der Waals surface area (Å²) in [6.45, 7) is 0. The van der Waals surface area contributed by atoms with E-state index in [1.165, 1.54) is 12.1 Å².